The number of benzene rings is 1. The standard InChI is InChI=1S/C24H27NO3S/c1-2-3-4-9-22(26)19-12-10-18(11-13-19)21-8-6-17-25(21)16-5-7-20-14-15-23(29-20)24(27)28/h6,8,10-15,17H,2-5,7,9,16H2,1H3,(H,27,28). The predicted molar refractivity (Wildman–Crippen MR) is 118 cm³/mol. The Kier molecular flexibility index (Phi) is 7.42. The molecule has 0 saturated carbocycles. The van der Waals surface area contributed by atoms with Crippen LogP contribution in [0.4, 0.5) is 0 Å². The van der Waals surface area contributed by atoms with E-state index in [4.69, 9.17) is 5.11 Å². The molecule has 3 rings (SSSR count). The van der Waals surface area contributed by atoms with Crippen molar-refractivity contribution < 1.29 is 14.7 Å². The number of rotatable bonds is 11. The van der Waals surface area contributed by atoms with E-state index in [2.05, 4.69) is 23.8 Å². The van der Waals surface area contributed by atoms with Gasteiger partial charge in [-0.2, -0.15) is 0 Å². The average molecular weight is 410 g/mol. The number of carbonyl (C=O) groups excluding carboxylic acids is 1. The summed E-state index contributed by atoms with van der Waals surface area (Å²) in [6.07, 6.45) is 7.66. The van der Waals surface area contributed by atoms with Crippen molar-refractivity contribution in [3.8, 4) is 11.3 Å². The molecule has 4 nitrogen and oxygen atoms in total. The quantitative estimate of drug-likeness (QED) is 0.298. The minimum absolute atomic E-state index is 0.220. The van der Waals surface area contributed by atoms with E-state index in [9.17, 15) is 9.59 Å². The molecule has 0 spiro atoms. The lowest BCUT2D eigenvalue weighted by Gasteiger charge is -2.10. The summed E-state index contributed by atoms with van der Waals surface area (Å²) in [6.45, 7) is 3.00. The van der Waals surface area contributed by atoms with Crippen LogP contribution >= 0.6 is 11.3 Å². The molecular formula is C24H27NO3S. The van der Waals surface area contributed by atoms with E-state index in [1.807, 2.05) is 36.4 Å². The molecule has 0 atom stereocenters. The van der Waals surface area contributed by atoms with Gasteiger partial charge in [0.15, 0.2) is 5.78 Å². The van der Waals surface area contributed by atoms with Gasteiger partial charge in [-0.3, -0.25) is 4.79 Å². The first kappa shape index (κ1) is 21.1. The Morgan fingerprint density at radius 2 is 1.79 bits per heavy atom. The van der Waals surface area contributed by atoms with Gasteiger partial charge in [-0.05, 0) is 49.1 Å². The molecule has 0 bridgehead atoms. The highest BCUT2D eigenvalue weighted by Gasteiger charge is 2.09. The summed E-state index contributed by atoms with van der Waals surface area (Å²) in [6, 6.07) is 15.6. The summed E-state index contributed by atoms with van der Waals surface area (Å²) in [5.74, 6) is -0.640. The number of hydrogen-bond acceptors (Lipinski definition) is 3. The number of unbranched alkanes of at least 4 members (excludes halogenated alkanes) is 2. The zero-order valence-corrected chi connectivity index (χ0v) is 17.6. The summed E-state index contributed by atoms with van der Waals surface area (Å²) in [5, 5.41) is 9.03. The molecule has 0 unspecified atom stereocenters. The smallest absolute Gasteiger partial charge is 0.345 e. The van der Waals surface area contributed by atoms with Crippen LogP contribution in [0.5, 0.6) is 0 Å². The van der Waals surface area contributed by atoms with Crippen molar-refractivity contribution in [2.75, 3.05) is 0 Å². The molecule has 0 aliphatic heterocycles. The van der Waals surface area contributed by atoms with Crippen molar-refractivity contribution in [2.24, 2.45) is 0 Å². The second-order valence-electron chi connectivity index (χ2n) is 7.22. The minimum Gasteiger partial charge on any atom is -0.477 e. The van der Waals surface area contributed by atoms with Gasteiger partial charge in [0.2, 0.25) is 0 Å². The molecule has 0 aliphatic carbocycles. The van der Waals surface area contributed by atoms with Gasteiger partial charge >= 0.3 is 5.97 Å². The van der Waals surface area contributed by atoms with Crippen LogP contribution in [0.1, 0.15) is 63.9 Å². The normalized spacial score (nSPS) is 10.9. The van der Waals surface area contributed by atoms with Crippen LogP contribution in [0.15, 0.2) is 54.7 Å². The van der Waals surface area contributed by atoms with Crippen LogP contribution in [-0.2, 0) is 13.0 Å². The molecule has 0 amide bonds. The SMILES string of the molecule is CCCCCC(=O)c1ccc(-c2cccn2CCCc2ccc(C(=O)O)s2)cc1. The Bertz CT molecular complexity index is 953. The molecule has 1 N–H and O–H groups in total. The fourth-order valence-electron chi connectivity index (χ4n) is 3.43. The molecule has 152 valence electrons. The van der Waals surface area contributed by atoms with Crippen molar-refractivity contribution in [1.82, 2.24) is 4.57 Å². The second kappa shape index (κ2) is 10.2. The van der Waals surface area contributed by atoms with Crippen LogP contribution in [0.3, 0.4) is 0 Å². The molecule has 0 saturated heterocycles. The van der Waals surface area contributed by atoms with Crippen molar-refractivity contribution in [1.29, 1.82) is 0 Å². The largest absolute Gasteiger partial charge is 0.477 e. The van der Waals surface area contributed by atoms with E-state index in [1.165, 1.54) is 11.3 Å². The number of carboxylic acids is 1. The first-order valence-corrected chi connectivity index (χ1v) is 11.0. The van der Waals surface area contributed by atoms with Gasteiger partial charge in [0.1, 0.15) is 4.88 Å². The minimum atomic E-state index is -0.860. The van der Waals surface area contributed by atoms with E-state index in [1.54, 1.807) is 6.07 Å². The van der Waals surface area contributed by atoms with Crippen molar-refractivity contribution in [2.45, 2.75) is 52.0 Å². The van der Waals surface area contributed by atoms with Crippen molar-refractivity contribution in [3.63, 3.8) is 0 Å². The van der Waals surface area contributed by atoms with E-state index >= 15 is 0 Å². The van der Waals surface area contributed by atoms with E-state index in [0.29, 0.717) is 11.3 Å². The van der Waals surface area contributed by atoms with Crippen LogP contribution in [0, 0.1) is 0 Å². The Morgan fingerprint density at radius 1 is 1.00 bits per heavy atom. The number of aromatic carboxylic acids is 1. The van der Waals surface area contributed by atoms with E-state index in [0.717, 1.165) is 60.3 Å². The maximum absolute atomic E-state index is 12.3. The Labute approximate surface area is 175 Å². The number of aromatic nitrogens is 1. The molecule has 0 radical (unpaired) electrons. The Morgan fingerprint density at radius 3 is 2.48 bits per heavy atom. The summed E-state index contributed by atoms with van der Waals surface area (Å²) < 4.78 is 2.21. The van der Waals surface area contributed by atoms with Gasteiger partial charge in [0.25, 0.3) is 0 Å². The lowest BCUT2D eigenvalue weighted by molar-refractivity contribution is 0.0702. The molecule has 1 aromatic carbocycles. The summed E-state index contributed by atoms with van der Waals surface area (Å²) >= 11 is 1.35. The third kappa shape index (κ3) is 5.67. The summed E-state index contributed by atoms with van der Waals surface area (Å²) in [4.78, 5) is 24.8. The average Bonchev–Trinajstić information content (AvgIpc) is 3.38. The first-order chi connectivity index (χ1) is 14.1. The fourth-order valence-corrected chi connectivity index (χ4v) is 4.32. The van der Waals surface area contributed by atoms with Gasteiger partial charge in [-0.25, -0.2) is 4.79 Å². The fraction of sp³-hybridized carbons (Fsp3) is 0.333. The number of ketones is 1. The third-order valence-electron chi connectivity index (χ3n) is 5.03. The summed E-state index contributed by atoms with van der Waals surface area (Å²) in [7, 11) is 0. The molecule has 29 heavy (non-hydrogen) atoms. The highest BCUT2D eigenvalue weighted by molar-refractivity contribution is 7.13. The van der Waals surface area contributed by atoms with Crippen LogP contribution < -0.4 is 0 Å². The molecule has 5 heteroatoms. The number of carboxylic acid groups (broad SMARTS) is 1. The topological polar surface area (TPSA) is 59.3 Å². The number of nitrogens with zero attached hydrogens (tertiary/aromatic N) is 1. The number of Topliss-reactive ketones (excluding diaryl/α,β-unsaturated/α-hetero) is 1. The van der Waals surface area contributed by atoms with Gasteiger partial charge < -0.3 is 9.67 Å². The van der Waals surface area contributed by atoms with Crippen LogP contribution in [0.2, 0.25) is 0 Å². The van der Waals surface area contributed by atoms with Gasteiger partial charge in [-0.15, -0.1) is 11.3 Å². The Hall–Kier alpha value is -2.66. The molecule has 0 aliphatic rings. The Balaban J connectivity index is 1.59. The van der Waals surface area contributed by atoms with Crippen LogP contribution in [0.25, 0.3) is 11.3 Å². The molecular weight excluding hydrogens is 382 g/mol. The lowest BCUT2D eigenvalue weighted by atomic mass is 10.0. The van der Waals surface area contributed by atoms with Crippen LogP contribution in [-0.4, -0.2) is 21.4 Å². The third-order valence-corrected chi connectivity index (χ3v) is 6.17. The first-order valence-electron chi connectivity index (χ1n) is 10.2. The second-order valence-corrected chi connectivity index (χ2v) is 8.39. The number of aryl methyl sites for hydroxylation is 2. The molecule has 0 fully saturated rings. The molecule has 2 aromatic heterocycles. The van der Waals surface area contributed by atoms with Gasteiger partial charge in [0, 0.05) is 35.3 Å². The predicted octanol–water partition coefficient (Wildman–Crippen LogP) is 6.31. The molecule has 3 aromatic rings. The number of hydrogen-bond donors (Lipinski definition) is 1. The van der Waals surface area contributed by atoms with Gasteiger partial charge in [0.05, 0.1) is 0 Å². The van der Waals surface area contributed by atoms with E-state index < -0.39 is 5.97 Å². The number of carbonyl (C=O) groups is 2. The maximum Gasteiger partial charge on any atom is 0.345 e. The van der Waals surface area contributed by atoms with Gasteiger partial charge in [-0.1, -0.05) is 44.0 Å². The number of thiophene rings is 1. The zero-order chi connectivity index (χ0) is 20.6. The van der Waals surface area contributed by atoms with Crippen molar-refractivity contribution in [3.05, 3.63) is 70.0 Å². The maximum atomic E-state index is 12.3. The molecule has 2 heterocycles. The lowest BCUT2D eigenvalue weighted by Crippen LogP contribution is -2.01. The van der Waals surface area contributed by atoms with Crippen molar-refractivity contribution >= 4 is 23.1 Å². The monoisotopic (exact) mass is 409 g/mol. The highest BCUT2D eigenvalue weighted by atomic mass is 32.1. The zero-order valence-electron chi connectivity index (χ0n) is 16.8. The summed E-state index contributed by atoms with van der Waals surface area (Å²) in [5.41, 5.74) is 3.02. The van der Waals surface area contributed by atoms with E-state index in [-0.39, 0.29) is 5.78 Å². The highest BCUT2D eigenvalue weighted by Crippen LogP contribution is 2.23.